The molecule has 1 heterocycles. The quantitative estimate of drug-likeness (QED) is 0.521. The zero-order valence-electron chi connectivity index (χ0n) is 14.7. The number of hydrogen-bond acceptors (Lipinski definition) is 2. The Kier molecular flexibility index (Phi) is 5.48. The highest BCUT2D eigenvalue weighted by Crippen LogP contribution is 2.39. The summed E-state index contributed by atoms with van der Waals surface area (Å²) in [4.78, 5) is 16.8. The van der Waals surface area contributed by atoms with E-state index in [4.69, 9.17) is 11.6 Å². The lowest BCUT2D eigenvalue weighted by Gasteiger charge is -2.35. The van der Waals surface area contributed by atoms with Crippen molar-refractivity contribution in [1.29, 1.82) is 0 Å². The average Bonchev–Trinajstić information content (AvgIpc) is 3.46. The van der Waals surface area contributed by atoms with Crippen LogP contribution in [0.3, 0.4) is 0 Å². The van der Waals surface area contributed by atoms with Gasteiger partial charge in [-0.2, -0.15) is 13.2 Å². The number of nitrogens with zero attached hydrogens (tertiary/aromatic N) is 1. The monoisotopic (exact) mass is 412 g/mol. The molecule has 0 radical (unpaired) electrons. The van der Waals surface area contributed by atoms with E-state index in [0.29, 0.717) is 23.9 Å². The molecule has 1 fully saturated rings. The molecule has 1 atom stereocenters. The Morgan fingerprint density at radius 1 is 1.25 bits per heavy atom. The second-order valence-electron chi connectivity index (χ2n) is 6.75. The zero-order valence-corrected chi connectivity index (χ0v) is 15.4. The second-order valence-corrected chi connectivity index (χ2v) is 7.19. The summed E-state index contributed by atoms with van der Waals surface area (Å²) in [5.41, 5.74) is -2.48. The number of aromatic nitrogens is 1. The predicted octanol–water partition coefficient (Wildman–Crippen LogP) is 5.24. The normalized spacial score (nSPS) is 16.3. The molecule has 8 heteroatoms. The maximum absolute atomic E-state index is 14.1. The number of nitrogens with one attached hydrogen (secondary N) is 1. The Balaban J connectivity index is 2.21. The molecule has 3 nitrogen and oxygen atoms in total. The molecule has 0 saturated heterocycles. The van der Waals surface area contributed by atoms with Crippen LogP contribution in [0, 0.1) is 11.7 Å². The number of pyridine rings is 1. The van der Waals surface area contributed by atoms with Crippen molar-refractivity contribution in [3.63, 3.8) is 0 Å². The molecular formula is C20H17ClF4N2O. The first-order valence-corrected chi connectivity index (χ1v) is 8.97. The molecule has 0 aliphatic heterocycles. The highest BCUT2D eigenvalue weighted by atomic mass is 35.5. The van der Waals surface area contributed by atoms with E-state index in [1.54, 1.807) is 0 Å². The van der Waals surface area contributed by atoms with Gasteiger partial charge in [0.15, 0.2) is 0 Å². The van der Waals surface area contributed by atoms with Crippen molar-refractivity contribution < 1.29 is 22.4 Å². The van der Waals surface area contributed by atoms with E-state index in [1.807, 2.05) is 0 Å². The van der Waals surface area contributed by atoms with Crippen LogP contribution in [0.1, 0.15) is 36.1 Å². The molecule has 0 spiro atoms. The minimum atomic E-state index is -4.75. The molecule has 1 N–H and O–H groups in total. The molecule has 1 amide bonds. The molecule has 1 aromatic heterocycles. The fourth-order valence-electron chi connectivity index (χ4n) is 3.06. The molecule has 1 saturated carbocycles. The molecule has 28 heavy (non-hydrogen) atoms. The van der Waals surface area contributed by atoms with Gasteiger partial charge in [0.2, 0.25) is 5.91 Å². The number of rotatable bonds is 6. The SMILES string of the molecule is C=CC[C@](NC(=O)C1CC1)(c1cc(F)cc(C(F)(F)F)c1)c1ccc(Cl)cn1. The molecule has 148 valence electrons. The third kappa shape index (κ3) is 4.19. The number of benzene rings is 1. The fourth-order valence-corrected chi connectivity index (χ4v) is 3.17. The maximum Gasteiger partial charge on any atom is 0.416 e. The summed E-state index contributed by atoms with van der Waals surface area (Å²) >= 11 is 5.88. The Labute approximate surface area is 164 Å². The van der Waals surface area contributed by atoms with Crippen molar-refractivity contribution in [2.45, 2.75) is 31.0 Å². The second kappa shape index (κ2) is 7.54. The van der Waals surface area contributed by atoms with Gasteiger partial charge in [-0.1, -0.05) is 17.7 Å². The van der Waals surface area contributed by atoms with Crippen molar-refractivity contribution >= 4 is 17.5 Å². The summed E-state index contributed by atoms with van der Waals surface area (Å²) in [5.74, 6) is -1.60. The van der Waals surface area contributed by atoms with E-state index < -0.39 is 23.1 Å². The average molecular weight is 413 g/mol. The standard InChI is InChI=1S/C20H17ClF4N2O/c1-2-7-19(27-18(28)12-3-4-12,17-6-5-15(21)11-26-17)13-8-14(20(23,24)25)10-16(22)9-13/h2,5-6,8-12H,1,3-4,7H2,(H,27,28)/t19-/m0/s1. The van der Waals surface area contributed by atoms with E-state index >= 15 is 0 Å². The summed E-state index contributed by atoms with van der Waals surface area (Å²) < 4.78 is 53.9. The molecule has 0 bridgehead atoms. The number of amides is 1. The van der Waals surface area contributed by atoms with Crippen molar-refractivity contribution in [2.24, 2.45) is 5.92 Å². The highest BCUT2D eigenvalue weighted by molar-refractivity contribution is 6.30. The third-order valence-electron chi connectivity index (χ3n) is 4.62. The molecule has 1 aliphatic rings. The van der Waals surface area contributed by atoms with Crippen LogP contribution >= 0.6 is 11.6 Å². The van der Waals surface area contributed by atoms with Gasteiger partial charge >= 0.3 is 6.18 Å². The highest BCUT2D eigenvalue weighted by Gasteiger charge is 2.42. The number of halogens is 5. The summed E-state index contributed by atoms with van der Waals surface area (Å²) in [6.07, 6.45) is -0.572. The first-order valence-electron chi connectivity index (χ1n) is 8.59. The van der Waals surface area contributed by atoms with Crippen molar-refractivity contribution in [2.75, 3.05) is 0 Å². The van der Waals surface area contributed by atoms with Gasteiger partial charge in [0.05, 0.1) is 16.3 Å². The van der Waals surface area contributed by atoms with Crippen LogP contribution in [0.25, 0.3) is 0 Å². The Bertz CT molecular complexity index is 894. The lowest BCUT2D eigenvalue weighted by atomic mass is 9.81. The number of alkyl halides is 3. The van der Waals surface area contributed by atoms with Gasteiger partial charge in [-0.05, 0) is 55.2 Å². The van der Waals surface area contributed by atoms with Gasteiger partial charge in [0, 0.05) is 12.1 Å². The fraction of sp³-hybridized carbons (Fsp3) is 0.300. The predicted molar refractivity (Wildman–Crippen MR) is 97.1 cm³/mol. The van der Waals surface area contributed by atoms with Gasteiger partial charge in [0.25, 0.3) is 0 Å². The topological polar surface area (TPSA) is 42.0 Å². The van der Waals surface area contributed by atoms with E-state index in [2.05, 4.69) is 16.9 Å². The number of carbonyl (C=O) groups is 1. The van der Waals surface area contributed by atoms with E-state index in [-0.39, 0.29) is 29.5 Å². The van der Waals surface area contributed by atoms with Crippen LogP contribution in [0.2, 0.25) is 5.02 Å². The van der Waals surface area contributed by atoms with Crippen LogP contribution in [-0.4, -0.2) is 10.9 Å². The molecule has 1 aliphatic carbocycles. The summed E-state index contributed by atoms with van der Waals surface area (Å²) in [7, 11) is 0. The van der Waals surface area contributed by atoms with Crippen LogP contribution in [0.5, 0.6) is 0 Å². The lowest BCUT2D eigenvalue weighted by Crippen LogP contribution is -2.48. The Morgan fingerprint density at radius 3 is 2.46 bits per heavy atom. The summed E-state index contributed by atoms with van der Waals surface area (Å²) in [6.45, 7) is 3.65. The molecular weight excluding hydrogens is 396 g/mol. The number of hydrogen-bond donors (Lipinski definition) is 1. The van der Waals surface area contributed by atoms with Gasteiger partial charge in [-0.3, -0.25) is 9.78 Å². The first kappa shape index (κ1) is 20.3. The molecule has 3 rings (SSSR count). The van der Waals surface area contributed by atoms with Crippen molar-refractivity contribution in [3.05, 3.63) is 76.8 Å². The van der Waals surface area contributed by atoms with E-state index in [9.17, 15) is 22.4 Å². The first-order chi connectivity index (χ1) is 13.2. The number of carbonyl (C=O) groups excluding carboxylic acids is 1. The van der Waals surface area contributed by atoms with Gasteiger partial charge in [-0.25, -0.2) is 4.39 Å². The zero-order chi connectivity index (χ0) is 20.5. The van der Waals surface area contributed by atoms with Gasteiger partial charge in [0.1, 0.15) is 11.4 Å². The molecule has 0 unspecified atom stereocenters. The minimum absolute atomic E-state index is 0.0147. The van der Waals surface area contributed by atoms with Crippen molar-refractivity contribution in [3.8, 4) is 0 Å². The van der Waals surface area contributed by atoms with Crippen LogP contribution in [0.15, 0.2) is 49.2 Å². The van der Waals surface area contributed by atoms with Crippen LogP contribution < -0.4 is 5.32 Å². The van der Waals surface area contributed by atoms with E-state index in [1.165, 1.54) is 24.4 Å². The lowest BCUT2D eigenvalue weighted by molar-refractivity contribution is -0.137. The van der Waals surface area contributed by atoms with Crippen LogP contribution in [-0.2, 0) is 16.5 Å². The van der Waals surface area contributed by atoms with E-state index in [0.717, 1.165) is 12.1 Å². The third-order valence-corrected chi connectivity index (χ3v) is 4.84. The van der Waals surface area contributed by atoms with Gasteiger partial charge in [-0.15, -0.1) is 6.58 Å². The minimum Gasteiger partial charge on any atom is -0.340 e. The largest absolute Gasteiger partial charge is 0.416 e. The smallest absolute Gasteiger partial charge is 0.340 e. The van der Waals surface area contributed by atoms with Gasteiger partial charge < -0.3 is 5.32 Å². The Morgan fingerprint density at radius 2 is 1.93 bits per heavy atom. The van der Waals surface area contributed by atoms with Crippen molar-refractivity contribution in [1.82, 2.24) is 10.3 Å². The summed E-state index contributed by atoms with van der Waals surface area (Å²) in [5, 5.41) is 3.12. The maximum atomic E-state index is 14.1. The molecule has 1 aromatic carbocycles. The Hall–Kier alpha value is -2.41. The van der Waals surface area contributed by atoms with Crippen LogP contribution in [0.4, 0.5) is 17.6 Å². The summed E-state index contributed by atoms with van der Waals surface area (Å²) in [6, 6.07) is 5.23. The molecule has 2 aromatic rings.